The Kier molecular flexibility index (Phi) is 10.1. The van der Waals surface area contributed by atoms with Crippen LogP contribution in [0.5, 0.6) is 11.5 Å². The smallest absolute Gasteiger partial charge is 0.307 e. The van der Waals surface area contributed by atoms with Gasteiger partial charge in [0.2, 0.25) is 0 Å². The topological polar surface area (TPSA) is 143 Å². The molecule has 0 bridgehead atoms. The average molecular weight is 535 g/mol. The first-order chi connectivity index (χ1) is 18.8. The first-order valence-corrected chi connectivity index (χ1v) is 12.7. The van der Waals surface area contributed by atoms with Gasteiger partial charge in [-0.25, -0.2) is 10.9 Å². The summed E-state index contributed by atoms with van der Waals surface area (Å²) in [6.07, 6.45) is 2.63. The molecule has 11 nitrogen and oxygen atoms in total. The highest BCUT2D eigenvalue weighted by Crippen LogP contribution is 2.24. The van der Waals surface area contributed by atoms with Crippen molar-refractivity contribution in [3.63, 3.8) is 0 Å². The maximum absolute atomic E-state index is 12.4. The second-order valence-corrected chi connectivity index (χ2v) is 8.39. The van der Waals surface area contributed by atoms with Crippen molar-refractivity contribution in [2.24, 2.45) is 10.2 Å². The predicted octanol–water partition coefficient (Wildman–Crippen LogP) is 3.91. The zero-order chi connectivity index (χ0) is 28.4. The zero-order valence-electron chi connectivity index (χ0n) is 22.5. The molecule has 11 heteroatoms. The van der Waals surface area contributed by atoms with E-state index in [2.05, 4.69) is 30.9 Å². The largest absolute Gasteiger partial charge is 0.507 e. The van der Waals surface area contributed by atoms with E-state index in [1.807, 2.05) is 39.8 Å². The Morgan fingerprint density at radius 3 is 1.44 bits per heavy atom. The summed E-state index contributed by atoms with van der Waals surface area (Å²) in [6.45, 7) is 11.4. The third-order valence-corrected chi connectivity index (χ3v) is 6.08. The molecule has 206 valence electrons. The fourth-order valence-corrected chi connectivity index (χ4v) is 3.87. The molecule has 0 aliphatic carbocycles. The summed E-state index contributed by atoms with van der Waals surface area (Å²) in [7, 11) is 0. The van der Waals surface area contributed by atoms with Gasteiger partial charge in [-0.05, 0) is 64.1 Å². The molecule has 0 aliphatic heterocycles. The van der Waals surface area contributed by atoms with Gasteiger partial charge in [-0.3, -0.25) is 9.59 Å². The van der Waals surface area contributed by atoms with E-state index in [0.29, 0.717) is 11.1 Å². The molecule has 3 aromatic rings. The highest BCUT2D eigenvalue weighted by molar-refractivity contribution is 5.96. The number of carbonyl (C=O) groups excluding carboxylic acids is 2. The maximum Gasteiger partial charge on any atom is 0.307 e. The van der Waals surface area contributed by atoms with Crippen molar-refractivity contribution < 1.29 is 24.2 Å². The van der Waals surface area contributed by atoms with Gasteiger partial charge in [0, 0.05) is 60.8 Å². The summed E-state index contributed by atoms with van der Waals surface area (Å²) in [5, 5.41) is 28.3. The first kappa shape index (κ1) is 28.8. The second-order valence-electron chi connectivity index (χ2n) is 8.39. The molecule has 0 spiro atoms. The Hall–Kier alpha value is -4.80. The number of furan rings is 1. The molecule has 0 fully saturated rings. The van der Waals surface area contributed by atoms with Crippen LogP contribution >= 0.6 is 0 Å². The number of amides is 2. The van der Waals surface area contributed by atoms with Crippen molar-refractivity contribution in [3.8, 4) is 11.5 Å². The number of nitrogens with zero attached hydrogens (tertiary/aromatic N) is 4. The van der Waals surface area contributed by atoms with Gasteiger partial charge in [0.05, 0.1) is 12.4 Å². The van der Waals surface area contributed by atoms with Crippen molar-refractivity contribution in [1.29, 1.82) is 0 Å². The number of hydrogen-bond donors (Lipinski definition) is 4. The van der Waals surface area contributed by atoms with Crippen LogP contribution in [0.1, 0.15) is 59.9 Å². The molecule has 3 rings (SSSR count). The molecule has 0 aliphatic rings. The van der Waals surface area contributed by atoms with E-state index in [9.17, 15) is 19.8 Å². The Morgan fingerprint density at radius 2 is 1.10 bits per heavy atom. The Morgan fingerprint density at radius 1 is 0.718 bits per heavy atom. The minimum atomic E-state index is -0.675. The maximum atomic E-state index is 12.4. The third-order valence-electron chi connectivity index (χ3n) is 6.08. The van der Waals surface area contributed by atoms with Crippen LogP contribution in [0, 0.1) is 0 Å². The van der Waals surface area contributed by atoms with Crippen LogP contribution in [0.2, 0.25) is 0 Å². The van der Waals surface area contributed by atoms with Crippen LogP contribution in [0.4, 0.5) is 11.4 Å². The minimum absolute atomic E-state index is 0.0306. The number of benzene rings is 2. The number of hydrogen-bond acceptors (Lipinski definition) is 9. The lowest BCUT2D eigenvalue weighted by atomic mass is 10.2. The lowest BCUT2D eigenvalue weighted by Crippen LogP contribution is -2.21. The first-order valence-electron chi connectivity index (χ1n) is 12.7. The normalized spacial score (nSPS) is 11.2. The van der Waals surface area contributed by atoms with Crippen LogP contribution in [0.3, 0.4) is 0 Å². The van der Waals surface area contributed by atoms with Gasteiger partial charge in [0.15, 0.2) is 11.5 Å². The minimum Gasteiger partial charge on any atom is -0.507 e. The van der Waals surface area contributed by atoms with Gasteiger partial charge in [-0.1, -0.05) is 0 Å². The third kappa shape index (κ3) is 7.37. The Bertz CT molecular complexity index is 1240. The molecule has 0 unspecified atom stereocenters. The summed E-state index contributed by atoms with van der Waals surface area (Å²) >= 11 is 0. The monoisotopic (exact) mass is 534 g/mol. The van der Waals surface area contributed by atoms with Crippen molar-refractivity contribution >= 4 is 35.6 Å². The molecule has 1 heterocycles. The van der Waals surface area contributed by atoms with Gasteiger partial charge in [-0.15, -0.1) is 0 Å². The molecule has 2 aromatic carbocycles. The van der Waals surface area contributed by atoms with Gasteiger partial charge < -0.3 is 24.4 Å². The summed E-state index contributed by atoms with van der Waals surface area (Å²) in [5.74, 6) is -1.55. The SMILES string of the molecule is CCN(CC)c1ccc(/C=N/NC(=O)c2ccc(C(=O)N/N=C/c3ccc(N(CC)CC)cc3O)o2)c(O)c1. The number of hydrazone groups is 2. The molecule has 39 heavy (non-hydrogen) atoms. The highest BCUT2D eigenvalue weighted by atomic mass is 16.4. The second kappa shape index (κ2) is 13.7. The van der Waals surface area contributed by atoms with E-state index in [-0.39, 0.29) is 23.0 Å². The van der Waals surface area contributed by atoms with Gasteiger partial charge in [0.25, 0.3) is 0 Å². The van der Waals surface area contributed by atoms with Crippen molar-refractivity contribution in [2.45, 2.75) is 27.7 Å². The van der Waals surface area contributed by atoms with Crippen LogP contribution in [0.25, 0.3) is 0 Å². The number of phenols is 2. The predicted molar refractivity (Wildman–Crippen MR) is 152 cm³/mol. The quantitative estimate of drug-likeness (QED) is 0.204. The molecule has 2 amide bonds. The molecule has 0 saturated carbocycles. The lowest BCUT2D eigenvalue weighted by Gasteiger charge is -2.21. The molecule has 0 atom stereocenters. The van der Waals surface area contributed by atoms with Crippen LogP contribution in [-0.2, 0) is 0 Å². The molecule has 0 radical (unpaired) electrons. The van der Waals surface area contributed by atoms with Crippen LogP contribution in [-0.4, -0.2) is 60.6 Å². The van der Waals surface area contributed by atoms with E-state index in [0.717, 1.165) is 37.6 Å². The lowest BCUT2D eigenvalue weighted by molar-refractivity contribution is 0.0902. The standard InChI is InChI=1S/C28H34N6O5/c1-5-33(6-2)21-11-9-19(23(35)15-21)17-29-31-27(37)25-13-14-26(39-25)28(38)32-30-18-20-10-12-22(16-24(20)36)34(7-3)8-4/h9-18,35-36H,5-8H2,1-4H3,(H,31,37)(H,32,38)/b29-17+,30-18+. The number of phenolic OH excluding ortho intramolecular Hbond substituents is 2. The fourth-order valence-electron chi connectivity index (χ4n) is 3.87. The van der Waals surface area contributed by atoms with Crippen LogP contribution < -0.4 is 20.7 Å². The van der Waals surface area contributed by atoms with E-state index in [4.69, 9.17) is 4.42 Å². The Labute approximate surface area is 227 Å². The van der Waals surface area contributed by atoms with Gasteiger partial charge in [0.1, 0.15) is 11.5 Å². The van der Waals surface area contributed by atoms with Crippen LogP contribution in [0.15, 0.2) is 63.2 Å². The van der Waals surface area contributed by atoms with E-state index in [1.165, 1.54) is 24.6 Å². The average Bonchev–Trinajstić information content (AvgIpc) is 3.43. The Balaban J connectivity index is 1.56. The molecule has 4 N–H and O–H groups in total. The fraction of sp³-hybridized carbons (Fsp3) is 0.286. The molecule has 0 saturated heterocycles. The summed E-state index contributed by atoms with van der Waals surface area (Å²) < 4.78 is 5.31. The molecular weight excluding hydrogens is 500 g/mol. The van der Waals surface area contributed by atoms with Crippen molar-refractivity contribution in [3.05, 3.63) is 71.2 Å². The number of aromatic hydroxyl groups is 2. The molecular formula is C28H34N6O5. The van der Waals surface area contributed by atoms with E-state index in [1.54, 1.807) is 24.3 Å². The van der Waals surface area contributed by atoms with Crippen molar-refractivity contribution in [1.82, 2.24) is 10.9 Å². The zero-order valence-corrected chi connectivity index (χ0v) is 22.5. The van der Waals surface area contributed by atoms with Crippen molar-refractivity contribution in [2.75, 3.05) is 36.0 Å². The summed E-state index contributed by atoms with van der Waals surface area (Å²) in [4.78, 5) is 28.9. The summed E-state index contributed by atoms with van der Waals surface area (Å²) in [5.41, 5.74) is 7.23. The number of rotatable bonds is 12. The highest BCUT2D eigenvalue weighted by Gasteiger charge is 2.15. The summed E-state index contributed by atoms with van der Waals surface area (Å²) in [6, 6.07) is 13.1. The number of nitrogens with one attached hydrogen (secondary N) is 2. The van der Waals surface area contributed by atoms with Gasteiger partial charge in [-0.2, -0.15) is 10.2 Å². The van der Waals surface area contributed by atoms with Gasteiger partial charge >= 0.3 is 11.8 Å². The molecule has 1 aromatic heterocycles. The van der Waals surface area contributed by atoms with E-state index >= 15 is 0 Å². The van der Waals surface area contributed by atoms with E-state index < -0.39 is 11.8 Å². The number of anilines is 2. The number of carbonyl (C=O) groups is 2.